The number of oxime groups is 1. The number of halogens is 3. The SMILES string of the molecule is C=CCO/N=C(\CC)c1cc(C)ccc1NS(=O)(=O)C(F)(F)F. The first-order valence-electron chi connectivity index (χ1n) is 6.62. The van der Waals surface area contributed by atoms with Crippen molar-refractivity contribution >= 4 is 21.4 Å². The standard InChI is InChI=1S/C14H17F3N2O3S/c1-4-8-22-18-12(5-2)11-9-10(3)6-7-13(11)19-23(20,21)14(15,16)17/h4,6-7,9,19H,1,5,8H2,2-3H3/b18-12+. The van der Waals surface area contributed by atoms with Crippen LogP contribution in [0.2, 0.25) is 0 Å². The molecule has 0 bridgehead atoms. The van der Waals surface area contributed by atoms with E-state index in [0.29, 0.717) is 12.1 Å². The molecule has 0 aromatic heterocycles. The van der Waals surface area contributed by atoms with Gasteiger partial charge in [0.15, 0.2) is 0 Å². The minimum absolute atomic E-state index is 0.124. The molecule has 0 amide bonds. The predicted molar refractivity (Wildman–Crippen MR) is 82.8 cm³/mol. The Hall–Kier alpha value is -2.03. The number of hydrogen-bond acceptors (Lipinski definition) is 4. The molecule has 9 heteroatoms. The van der Waals surface area contributed by atoms with Crippen LogP contribution in [0.3, 0.4) is 0 Å². The average Bonchev–Trinajstić information content (AvgIpc) is 2.44. The molecule has 0 aliphatic carbocycles. The summed E-state index contributed by atoms with van der Waals surface area (Å²) < 4.78 is 61.8. The third-order valence-electron chi connectivity index (χ3n) is 2.74. The van der Waals surface area contributed by atoms with Crippen LogP contribution in [0.5, 0.6) is 0 Å². The molecule has 0 saturated carbocycles. The summed E-state index contributed by atoms with van der Waals surface area (Å²) in [6, 6.07) is 4.29. The van der Waals surface area contributed by atoms with Gasteiger partial charge in [0.05, 0.1) is 11.4 Å². The topological polar surface area (TPSA) is 67.8 Å². The summed E-state index contributed by atoms with van der Waals surface area (Å²) in [6.07, 6.45) is 1.79. The van der Waals surface area contributed by atoms with Gasteiger partial charge >= 0.3 is 15.5 Å². The van der Waals surface area contributed by atoms with E-state index in [1.54, 1.807) is 18.6 Å². The molecule has 0 unspecified atom stereocenters. The number of rotatable bonds is 7. The average molecular weight is 350 g/mol. The highest BCUT2D eigenvalue weighted by Gasteiger charge is 2.46. The van der Waals surface area contributed by atoms with Crippen molar-refractivity contribution < 1.29 is 26.4 Å². The molecule has 0 aliphatic rings. The van der Waals surface area contributed by atoms with Crippen LogP contribution in [0, 0.1) is 6.92 Å². The summed E-state index contributed by atoms with van der Waals surface area (Å²) in [4.78, 5) is 4.95. The van der Waals surface area contributed by atoms with Gasteiger partial charge in [-0.05, 0) is 25.5 Å². The summed E-state index contributed by atoms with van der Waals surface area (Å²) in [7, 11) is -5.52. The van der Waals surface area contributed by atoms with Crippen LogP contribution in [-0.4, -0.2) is 26.2 Å². The Morgan fingerprint density at radius 3 is 2.61 bits per heavy atom. The molecule has 0 radical (unpaired) electrons. The molecule has 0 saturated heterocycles. The fourth-order valence-electron chi connectivity index (χ4n) is 1.66. The van der Waals surface area contributed by atoms with Crippen LogP contribution in [0.4, 0.5) is 18.9 Å². The van der Waals surface area contributed by atoms with Gasteiger partial charge in [0.25, 0.3) is 0 Å². The smallest absolute Gasteiger partial charge is 0.391 e. The molecule has 0 fully saturated rings. The van der Waals surface area contributed by atoms with Crippen molar-refractivity contribution in [1.82, 2.24) is 0 Å². The van der Waals surface area contributed by atoms with Crippen LogP contribution >= 0.6 is 0 Å². The molecule has 0 heterocycles. The molecular weight excluding hydrogens is 333 g/mol. The predicted octanol–water partition coefficient (Wildman–Crippen LogP) is 3.57. The largest absolute Gasteiger partial charge is 0.516 e. The molecule has 0 atom stereocenters. The van der Waals surface area contributed by atoms with Gasteiger partial charge in [-0.3, -0.25) is 4.72 Å². The number of nitrogens with one attached hydrogen (secondary N) is 1. The minimum atomic E-state index is -5.52. The Morgan fingerprint density at radius 2 is 2.09 bits per heavy atom. The second kappa shape index (κ2) is 7.49. The number of hydrogen-bond donors (Lipinski definition) is 1. The Kier molecular flexibility index (Phi) is 6.20. The van der Waals surface area contributed by atoms with Gasteiger partial charge in [-0.25, -0.2) is 0 Å². The van der Waals surface area contributed by atoms with Gasteiger partial charge in [-0.2, -0.15) is 21.6 Å². The second-order valence-corrected chi connectivity index (χ2v) is 6.25. The van der Waals surface area contributed by atoms with Crippen molar-refractivity contribution in [1.29, 1.82) is 0 Å². The van der Waals surface area contributed by atoms with E-state index >= 15 is 0 Å². The molecule has 1 aromatic rings. The molecule has 128 valence electrons. The lowest BCUT2D eigenvalue weighted by Gasteiger charge is -2.15. The summed E-state index contributed by atoms with van der Waals surface area (Å²) in [6.45, 7) is 7.02. The second-order valence-electron chi connectivity index (χ2n) is 4.58. The Bertz CT molecular complexity index is 698. The molecular formula is C14H17F3N2O3S. The van der Waals surface area contributed by atoms with Gasteiger partial charge < -0.3 is 4.84 Å². The molecule has 0 spiro atoms. The molecule has 1 rings (SSSR count). The van der Waals surface area contributed by atoms with Crippen LogP contribution in [0.1, 0.15) is 24.5 Å². The van der Waals surface area contributed by atoms with Crippen molar-refractivity contribution in [2.45, 2.75) is 25.8 Å². The lowest BCUT2D eigenvalue weighted by molar-refractivity contribution is -0.0429. The highest BCUT2D eigenvalue weighted by Crippen LogP contribution is 2.28. The van der Waals surface area contributed by atoms with Gasteiger partial charge in [-0.15, -0.1) is 0 Å². The van der Waals surface area contributed by atoms with Crippen LogP contribution in [-0.2, 0) is 14.9 Å². The van der Waals surface area contributed by atoms with E-state index in [1.807, 2.05) is 0 Å². The van der Waals surface area contributed by atoms with E-state index < -0.39 is 15.5 Å². The molecule has 1 N–H and O–H groups in total. The summed E-state index contributed by atoms with van der Waals surface area (Å²) in [5.74, 6) is 0. The third kappa shape index (κ3) is 4.98. The van der Waals surface area contributed by atoms with E-state index in [2.05, 4.69) is 11.7 Å². The monoisotopic (exact) mass is 350 g/mol. The Balaban J connectivity index is 3.30. The highest BCUT2D eigenvalue weighted by molar-refractivity contribution is 7.93. The number of benzene rings is 1. The van der Waals surface area contributed by atoms with Gasteiger partial charge in [0.1, 0.15) is 6.61 Å². The van der Waals surface area contributed by atoms with Gasteiger partial charge in [0, 0.05) is 5.56 Å². The van der Waals surface area contributed by atoms with Crippen molar-refractivity contribution in [2.24, 2.45) is 5.16 Å². The van der Waals surface area contributed by atoms with E-state index in [0.717, 1.165) is 5.56 Å². The summed E-state index contributed by atoms with van der Waals surface area (Å²) in [5.41, 5.74) is -4.34. The summed E-state index contributed by atoms with van der Waals surface area (Å²) in [5, 5.41) is 3.83. The summed E-state index contributed by atoms with van der Waals surface area (Å²) >= 11 is 0. The molecule has 1 aromatic carbocycles. The lowest BCUT2D eigenvalue weighted by atomic mass is 10.0. The molecule has 0 aliphatic heterocycles. The van der Waals surface area contributed by atoms with Gasteiger partial charge in [-0.1, -0.05) is 36.4 Å². The van der Waals surface area contributed by atoms with Crippen molar-refractivity contribution in [3.63, 3.8) is 0 Å². The maximum Gasteiger partial charge on any atom is 0.516 e. The molecule has 23 heavy (non-hydrogen) atoms. The first-order chi connectivity index (χ1) is 10.6. The fourth-order valence-corrected chi connectivity index (χ4v) is 2.24. The lowest BCUT2D eigenvalue weighted by Crippen LogP contribution is -2.30. The number of nitrogens with zero attached hydrogens (tertiary/aromatic N) is 1. The fraction of sp³-hybridized carbons (Fsp3) is 0.357. The quantitative estimate of drug-likeness (QED) is 0.354. The van der Waals surface area contributed by atoms with Crippen molar-refractivity contribution in [3.8, 4) is 0 Å². The van der Waals surface area contributed by atoms with Crippen LogP contribution in [0.15, 0.2) is 36.0 Å². The number of sulfonamides is 1. The number of alkyl halides is 3. The zero-order valence-corrected chi connectivity index (χ0v) is 13.5. The highest BCUT2D eigenvalue weighted by atomic mass is 32.2. The van der Waals surface area contributed by atoms with Gasteiger partial charge in [0.2, 0.25) is 0 Å². The van der Waals surface area contributed by atoms with Crippen LogP contribution < -0.4 is 4.72 Å². The normalized spacial score (nSPS) is 12.8. The van der Waals surface area contributed by atoms with E-state index in [1.165, 1.54) is 24.3 Å². The van der Waals surface area contributed by atoms with Crippen molar-refractivity contribution in [3.05, 3.63) is 42.0 Å². The molecule has 5 nitrogen and oxygen atoms in total. The van der Waals surface area contributed by atoms with E-state index in [-0.39, 0.29) is 17.9 Å². The Morgan fingerprint density at radius 1 is 1.43 bits per heavy atom. The van der Waals surface area contributed by atoms with E-state index in [9.17, 15) is 21.6 Å². The number of aryl methyl sites for hydroxylation is 1. The first-order valence-corrected chi connectivity index (χ1v) is 8.10. The first kappa shape index (κ1) is 19.0. The third-order valence-corrected chi connectivity index (χ3v) is 3.84. The maximum atomic E-state index is 12.5. The minimum Gasteiger partial charge on any atom is -0.391 e. The maximum absolute atomic E-state index is 12.5. The van der Waals surface area contributed by atoms with Crippen molar-refractivity contribution in [2.75, 3.05) is 11.3 Å². The Labute approximate surface area is 132 Å². The number of anilines is 1. The zero-order chi connectivity index (χ0) is 17.7. The zero-order valence-electron chi connectivity index (χ0n) is 12.6. The van der Waals surface area contributed by atoms with E-state index in [4.69, 9.17) is 4.84 Å². The van der Waals surface area contributed by atoms with Crippen LogP contribution in [0.25, 0.3) is 0 Å².